The van der Waals surface area contributed by atoms with E-state index in [0.29, 0.717) is 29.5 Å². The van der Waals surface area contributed by atoms with E-state index in [9.17, 15) is 8.42 Å². The van der Waals surface area contributed by atoms with Crippen LogP contribution in [0.4, 0.5) is 0 Å². The number of rotatable bonds is 12. The van der Waals surface area contributed by atoms with Crippen molar-refractivity contribution in [1.82, 2.24) is 14.2 Å². The van der Waals surface area contributed by atoms with E-state index in [1.807, 2.05) is 36.4 Å². The molecule has 3 aromatic rings. The van der Waals surface area contributed by atoms with Gasteiger partial charge in [0.1, 0.15) is 12.4 Å². The highest BCUT2D eigenvalue weighted by molar-refractivity contribution is 7.89. The number of pyridine rings is 1. The minimum atomic E-state index is -3.90. The quantitative estimate of drug-likeness (QED) is 0.355. The van der Waals surface area contributed by atoms with Crippen molar-refractivity contribution >= 4 is 10.0 Å². The second-order valence-corrected chi connectivity index (χ2v) is 10.5. The summed E-state index contributed by atoms with van der Waals surface area (Å²) in [6.07, 6.45) is 1.65. The zero-order valence-electron chi connectivity index (χ0n) is 21.2. The van der Waals surface area contributed by atoms with Crippen LogP contribution >= 0.6 is 0 Å². The molecule has 0 N–H and O–H groups in total. The molecule has 1 fully saturated rings. The number of ether oxygens (including phenoxy) is 4. The Hall–Kier alpha value is -3.18. The first-order chi connectivity index (χ1) is 18.0. The predicted molar refractivity (Wildman–Crippen MR) is 139 cm³/mol. The van der Waals surface area contributed by atoms with Crippen LogP contribution in [0.25, 0.3) is 0 Å². The first-order valence-corrected chi connectivity index (χ1v) is 13.6. The second-order valence-electron chi connectivity index (χ2n) is 8.56. The van der Waals surface area contributed by atoms with Gasteiger partial charge in [0.2, 0.25) is 10.0 Å². The smallest absolute Gasteiger partial charge is 0.243 e. The van der Waals surface area contributed by atoms with Gasteiger partial charge in [-0.1, -0.05) is 18.2 Å². The van der Waals surface area contributed by atoms with Crippen molar-refractivity contribution < 1.29 is 27.4 Å². The molecule has 1 saturated heterocycles. The Morgan fingerprint density at radius 3 is 2.49 bits per heavy atom. The van der Waals surface area contributed by atoms with Crippen LogP contribution in [0.15, 0.2) is 71.8 Å². The first kappa shape index (κ1) is 26.9. The molecule has 9 nitrogen and oxygen atoms in total. The van der Waals surface area contributed by atoms with E-state index in [4.69, 9.17) is 18.9 Å². The summed E-state index contributed by atoms with van der Waals surface area (Å²) >= 11 is 0. The van der Waals surface area contributed by atoms with Gasteiger partial charge in [-0.25, -0.2) is 8.42 Å². The largest absolute Gasteiger partial charge is 0.493 e. The lowest BCUT2D eigenvalue weighted by Crippen LogP contribution is -2.38. The summed E-state index contributed by atoms with van der Waals surface area (Å²) in [6.45, 7) is 4.91. The van der Waals surface area contributed by atoms with Gasteiger partial charge in [-0.15, -0.1) is 0 Å². The fourth-order valence-corrected chi connectivity index (χ4v) is 5.49. The lowest BCUT2D eigenvalue weighted by Gasteiger charge is -2.26. The van der Waals surface area contributed by atoms with Gasteiger partial charge in [0.05, 0.1) is 44.6 Å². The van der Waals surface area contributed by atoms with Gasteiger partial charge in [0.15, 0.2) is 11.5 Å². The molecule has 0 bridgehead atoms. The molecule has 2 heterocycles. The average Bonchev–Trinajstić information content (AvgIpc) is 2.93. The van der Waals surface area contributed by atoms with E-state index < -0.39 is 10.0 Å². The van der Waals surface area contributed by atoms with E-state index in [1.54, 1.807) is 18.3 Å². The predicted octanol–water partition coefficient (Wildman–Crippen LogP) is 3.20. The van der Waals surface area contributed by atoms with E-state index in [0.717, 1.165) is 38.4 Å². The number of hydrogen-bond acceptors (Lipinski definition) is 8. The lowest BCUT2D eigenvalue weighted by atomic mass is 10.2. The highest BCUT2D eigenvalue weighted by Crippen LogP contribution is 2.31. The van der Waals surface area contributed by atoms with Gasteiger partial charge < -0.3 is 18.9 Å². The van der Waals surface area contributed by atoms with Crippen molar-refractivity contribution in [2.75, 3.05) is 53.7 Å². The van der Waals surface area contributed by atoms with E-state index >= 15 is 0 Å². The number of sulfonamides is 1. The zero-order chi connectivity index (χ0) is 26.1. The summed E-state index contributed by atoms with van der Waals surface area (Å²) in [7, 11) is -0.915. The molecule has 10 heteroatoms. The van der Waals surface area contributed by atoms with Crippen LogP contribution in [0.1, 0.15) is 11.3 Å². The number of hydrogen-bond donors (Lipinski definition) is 0. The van der Waals surface area contributed by atoms with Gasteiger partial charge in [0.25, 0.3) is 0 Å². The van der Waals surface area contributed by atoms with Gasteiger partial charge in [0, 0.05) is 38.4 Å². The molecule has 1 aliphatic rings. The highest BCUT2D eigenvalue weighted by Gasteiger charge is 2.27. The molecule has 1 aromatic heterocycles. The van der Waals surface area contributed by atoms with E-state index in [-0.39, 0.29) is 18.0 Å². The standard InChI is InChI=1S/C27H33N3O6S/c1-33-26-10-9-25(19-27(26)34-2)37(31,32)30(21-23-7-3-4-11-28-23)20-22-6-5-8-24(18-22)36-17-14-29-12-15-35-16-13-29/h3-11,18-19H,12-17,20-21H2,1-2H3. The normalized spacial score (nSPS) is 14.5. The number of aromatic nitrogens is 1. The van der Waals surface area contributed by atoms with Crippen LogP contribution < -0.4 is 14.2 Å². The molecule has 1 aliphatic heterocycles. The number of benzene rings is 2. The Morgan fingerprint density at radius 2 is 1.76 bits per heavy atom. The molecule has 2 aromatic carbocycles. The van der Waals surface area contributed by atoms with Crippen molar-refractivity contribution in [1.29, 1.82) is 0 Å². The molecule has 198 valence electrons. The summed E-state index contributed by atoms with van der Waals surface area (Å²) in [4.78, 5) is 6.76. The first-order valence-electron chi connectivity index (χ1n) is 12.1. The van der Waals surface area contributed by atoms with E-state index in [1.165, 1.54) is 30.7 Å². The third-order valence-corrected chi connectivity index (χ3v) is 7.88. The van der Waals surface area contributed by atoms with Crippen LogP contribution in [0, 0.1) is 0 Å². The van der Waals surface area contributed by atoms with Crippen molar-refractivity contribution in [3.63, 3.8) is 0 Å². The maximum atomic E-state index is 13.8. The molecule has 0 saturated carbocycles. The molecule has 0 unspecified atom stereocenters. The summed E-state index contributed by atoms with van der Waals surface area (Å²) < 4.78 is 51.0. The van der Waals surface area contributed by atoms with Crippen LogP contribution in [-0.2, 0) is 27.8 Å². The van der Waals surface area contributed by atoms with Crippen LogP contribution in [-0.4, -0.2) is 76.3 Å². The van der Waals surface area contributed by atoms with Gasteiger partial charge in [-0.3, -0.25) is 9.88 Å². The topological polar surface area (TPSA) is 90.4 Å². The Balaban J connectivity index is 1.54. The fraction of sp³-hybridized carbons (Fsp3) is 0.370. The van der Waals surface area contributed by atoms with Crippen molar-refractivity contribution in [3.05, 3.63) is 78.1 Å². The molecule has 0 radical (unpaired) electrons. The zero-order valence-corrected chi connectivity index (χ0v) is 22.0. The minimum absolute atomic E-state index is 0.110. The van der Waals surface area contributed by atoms with Crippen LogP contribution in [0.2, 0.25) is 0 Å². The Morgan fingerprint density at radius 1 is 0.946 bits per heavy atom. The maximum absolute atomic E-state index is 13.8. The monoisotopic (exact) mass is 527 g/mol. The van der Waals surface area contributed by atoms with E-state index in [2.05, 4.69) is 9.88 Å². The Labute approximate surface area is 218 Å². The number of methoxy groups -OCH3 is 2. The van der Waals surface area contributed by atoms with Crippen molar-refractivity contribution in [2.24, 2.45) is 0 Å². The Bertz CT molecular complexity index is 1250. The molecule has 4 rings (SSSR count). The SMILES string of the molecule is COc1ccc(S(=O)(=O)N(Cc2cccc(OCCN3CCOCC3)c2)Cc2ccccn2)cc1OC. The maximum Gasteiger partial charge on any atom is 0.243 e. The fourth-order valence-electron chi connectivity index (χ4n) is 4.08. The third-order valence-electron chi connectivity index (χ3n) is 6.09. The average molecular weight is 528 g/mol. The molecular formula is C27H33N3O6S. The molecule has 0 aliphatic carbocycles. The second kappa shape index (κ2) is 12.9. The molecule has 0 atom stereocenters. The highest BCUT2D eigenvalue weighted by atomic mass is 32.2. The number of nitrogens with zero attached hydrogens (tertiary/aromatic N) is 3. The van der Waals surface area contributed by atoms with Crippen LogP contribution in [0.5, 0.6) is 17.2 Å². The summed E-state index contributed by atoms with van der Waals surface area (Å²) in [5, 5.41) is 0. The minimum Gasteiger partial charge on any atom is -0.493 e. The van der Waals surface area contributed by atoms with Crippen LogP contribution in [0.3, 0.4) is 0 Å². The number of morpholine rings is 1. The van der Waals surface area contributed by atoms with Crippen molar-refractivity contribution in [3.8, 4) is 17.2 Å². The Kier molecular flexibility index (Phi) is 9.34. The van der Waals surface area contributed by atoms with Gasteiger partial charge in [-0.2, -0.15) is 4.31 Å². The van der Waals surface area contributed by atoms with Gasteiger partial charge in [-0.05, 0) is 42.0 Å². The molecular weight excluding hydrogens is 494 g/mol. The molecule has 0 spiro atoms. The summed E-state index contributed by atoms with van der Waals surface area (Å²) in [5.41, 5.74) is 1.45. The molecule has 0 amide bonds. The van der Waals surface area contributed by atoms with Gasteiger partial charge >= 0.3 is 0 Å². The molecule has 37 heavy (non-hydrogen) atoms. The van der Waals surface area contributed by atoms with Crippen molar-refractivity contribution in [2.45, 2.75) is 18.0 Å². The lowest BCUT2D eigenvalue weighted by molar-refractivity contribution is 0.0322. The summed E-state index contributed by atoms with van der Waals surface area (Å²) in [5.74, 6) is 1.50. The third kappa shape index (κ3) is 7.20. The summed E-state index contributed by atoms with van der Waals surface area (Å²) in [6, 6.07) is 17.6.